The van der Waals surface area contributed by atoms with E-state index >= 15 is 0 Å². The molecule has 88 valence electrons. The molecule has 0 aliphatic heterocycles. The summed E-state index contributed by atoms with van der Waals surface area (Å²) in [6.45, 7) is 5.91. The number of amides is 2. The minimum absolute atomic E-state index is 0.0560. The van der Waals surface area contributed by atoms with Crippen LogP contribution < -0.4 is 5.32 Å². The number of hydrogen-bond acceptors (Lipinski definition) is 2. The van der Waals surface area contributed by atoms with E-state index in [-0.39, 0.29) is 23.8 Å². The van der Waals surface area contributed by atoms with Crippen molar-refractivity contribution in [1.82, 2.24) is 10.2 Å². The zero-order valence-electron chi connectivity index (χ0n) is 10.4. The van der Waals surface area contributed by atoms with E-state index in [2.05, 4.69) is 5.32 Å². The van der Waals surface area contributed by atoms with Gasteiger partial charge in [-0.25, -0.2) is 0 Å². The normalized spacial score (nSPS) is 11.0. The second kappa shape index (κ2) is 5.73. The largest absolute Gasteiger partial charge is 0.347 e. The van der Waals surface area contributed by atoms with Gasteiger partial charge in [0.05, 0.1) is 6.54 Å². The lowest BCUT2D eigenvalue weighted by molar-refractivity contribution is -0.134. The van der Waals surface area contributed by atoms with Gasteiger partial charge in [-0.05, 0) is 6.42 Å². The molecule has 0 atom stereocenters. The van der Waals surface area contributed by atoms with Gasteiger partial charge in [0.25, 0.3) is 0 Å². The van der Waals surface area contributed by atoms with Crippen LogP contribution in [0.15, 0.2) is 0 Å². The van der Waals surface area contributed by atoms with Gasteiger partial charge in [0.15, 0.2) is 0 Å². The van der Waals surface area contributed by atoms with Crippen molar-refractivity contribution in [2.45, 2.75) is 33.6 Å². The van der Waals surface area contributed by atoms with Crippen LogP contribution in [0.25, 0.3) is 0 Å². The van der Waals surface area contributed by atoms with Gasteiger partial charge in [-0.2, -0.15) is 0 Å². The first-order valence-corrected chi connectivity index (χ1v) is 5.29. The highest BCUT2D eigenvalue weighted by atomic mass is 16.2. The van der Waals surface area contributed by atoms with Gasteiger partial charge in [-0.1, -0.05) is 27.2 Å². The van der Waals surface area contributed by atoms with Crippen LogP contribution in [0.1, 0.15) is 33.6 Å². The highest BCUT2D eigenvalue weighted by Gasteiger charge is 2.26. The number of rotatable bonds is 5. The number of nitrogens with one attached hydrogen (secondary N) is 1. The molecule has 0 spiro atoms. The number of hydrogen-bond donors (Lipinski definition) is 1. The lowest BCUT2D eigenvalue weighted by atomic mass is 9.87. The Labute approximate surface area is 92.0 Å². The Kier molecular flexibility index (Phi) is 5.33. The Morgan fingerprint density at radius 1 is 1.27 bits per heavy atom. The van der Waals surface area contributed by atoms with Crippen molar-refractivity contribution < 1.29 is 9.59 Å². The molecule has 2 amide bonds. The third kappa shape index (κ3) is 4.81. The van der Waals surface area contributed by atoms with Crippen molar-refractivity contribution in [3.63, 3.8) is 0 Å². The topological polar surface area (TPSA) is 49.4 Å². The van der Waals surface area contributed by atoms with Crippen LogP contribution in [0.5, 0.6) is 0 Å². The molecule has 0 heterocycles. The number of carbonyl (C=O) groups excluding carboxylic acids is 2. The van der Waals surface area contributed by atoms with Gasteiger partial charge in [0.1, 0.15) is 0 Å². The highest BCUT2D eigenvalue weighted by Crippen LogP contribution is 2.21. The molecule has 0 fully saturated rings. The van der Waals surface area contributed by atoms with Crippen LogP contribution in [0.2, 0.25) is 0 Å². The molecule has 1 N–H and O–H groups in total. The second-order valence-corrected chi connectivity index (χ2v) is 4.60. The lowest BCUT2D eigenvalue weighted by Gasteiger charge is -2.23. The van der Waals surface area contributed by atoms with Crippen LogP contribution >= 0.6 is 0 Å². The predicted octanol–water partition coefficient (Wildman–Crippen LogP) is 1.02. The summed E-state index contributed by atoms with van der Waals surface area (Å²) < 4.78 is 0. The molecule has 0 aliphatic carbocycles. The molecular formula is C11H22N2O2. The van der Waals surface area contributed by atoms with Gasteiger partial charge in [0, 0.05) is 19.5 Å². The standard InChI is InChI=1S/C11H22N2O2/c1-6-7-11(2,3)10(15)12-8-9(14)13(4)5/h6-8H2,1-5H3,(H,12,15). The molecule has 0 aromatic rings. The molecule has 0 saturated heterocycles. The quantitative estimate of drug-likeness (QED) is 0.742. The maximum Gasteiger partial charge on any atom is 0.241 e. The van der Waals surface area contributed by atoms with Gasteiger partial charge in [0.2, 0.25) is 11.8 Å². The van der Waals surface area contributed by atoms with Crippen LogP contribution in [0.4, 0.5) is 0 Å². The summed E-state index contributed by atoms with van der Waals surface area (Å²) in [5.74, 6) is -0.143. The number of likely N-dealkylation sites (N-methyl/N-ethyl adjacent to an activating group) is 1. The van der Waals surface area contributed by atoms with E-state index in [1.54, 1.807) is 14.1 Å². The molecule has 0 unspecified atom stereocenters. The lowest BCUT2D eigenvalue weighted by Crippen LogP contribution is -2.42. The van der Waals surface area contributed by atoms with Crippen molar-refractivity contribution in [3.05, 3.63) is 0 Å². The van der Waals surface area contributed by atoms with Gasteiger partial charge >= 0.3 is 0 Å². The molecule has 15 heavy (non-hydrogen) atoms. The molecule has 0 aromatic heterocycles. The first kappa shape index (κ1) is 13.9. The summed E-state index contributed by atoms with van der Waals surface area (Å²) in [4.78, 5) is 24.4. The predicted molar refractivity (Wildman–Crippen MR) is 60.4 cm³/mol. The minimum Gasteiger partial charge on any atom is -0.347 e. The summed E-state index contributed by atoms with van der Waals surface area (Å²) >= 11 is 0. The smallest absolute Gasteiger partial charge is 0.241 e. The number of carbonyl (C=O) groups is 2. The third-order valence-corrected chi connectivity index (χ3v) is 2.39. The van der Waals surface area contributed by atoms with Crippen molar-refractivity contribution >= 4 is 11.8 Å². The van der Waals surface area contributed by atoms with Crippen molar-refractivity contribution in [3.8, 4) is 0 Å². The zero-order valence-corrected chi connectivity index (χ0v) is 10.4. The van der Waals surface area contributed by atoms with Crippen molar-refractivity contribution in [2.24, 2.45) is 5.41 Å². The molecule has 0 radical (unpaired) electrons. The Bertz CT molecular complexity index is 235. The van der Waals surface area contributed by atoms with Crippen molar-refractivity contribution in [1.29, 1.82) is 0 Å². The Balaban J connectivity index is 4.09. The monoisotopic (exact) mass is 214 g/mol. The Hall–Kier alpha value is -1.06. The zero-order chi connectivity index (χ0) is 12.1. The average Bonchev–Trinajstić information content (AvgIpc) is 2.13. The van der Waals surface area contributed by atoms with Crippen LogP contribution in [-0.2, 0) is 9.59 Å². The van der Waals surface area contributed by atoms with E-state index < -0.39 is 0 Å². The SMILES string of the molecule is CCCC(C)(C)C(=O)NCC(=O)N(C)C. The third-order valence-electron chi connectivity index (χ3n) is 2.39. The Morgan fingerprint density at radius 2 is 1.80 bits per heavy atom. The minimum atomic E-state index is -0.388. The molecule has 0 aliphatic rings. The average molecular weight is 214 g/mol. The Morgan fingerprint density at radius 3 is 2.20 bits per heavy atom. The maximum absolute atomic E-state index is 11.7. The molecule has 0 saturated carbocycles. The maximum atomic E-state index is 11.7. The second-order valence-electron chi connectivity index (χ2n) is 4.60. The molecule has 0 bridgehead atoms. The first-order valence-electron chi connectivity index (χ1n) is 5.29. The molecule has 0 aromatic carbocycles. The van der Waals surface area contributed by atoms with E-state index in [9.17, 15) is 9.59 Å². The summed E-state index contributed by atoms with van der Waals surface area (Å²) in [5.41, 5.74) is -0.388. The molecule has 0 rings (SSSR count). The number of nitrogens with zero attached hydrogens (tertiary/aromatic N) is 1. The summed E-state index contributed by atoms with van der Waals surface area (Å²) in [6.07, 6.45) is 1.79. The van der Waals surface area contributed by atoms with Gasteiger partial charge < -0.3 is 10.2 Å². The van der Waals surface area contributed by atoms with Gasteiger partial charge in [-0.15, -0.1) is 0 Å². The van der Waals surface area contributed by atoms with E-state index in [1.165, 1.54) is 4.90 Å². The van der Waals surface area contributed by atoms with Crippen LogP contribution in [0, 0.1) is 5.41 Å². The van der Waals surface area contributed by atoms with Crippen LogP contribution in [0.3, 0.4) is 0 Å². The molecular weight excluding hydrogens is 192 g/mol. The first-order chi connectivity index (χ1) is 6.81. The van der Waals surface area contributed by atoms with Gasteiger partial charge in [-0.3, -0.25) is 9.59 Å². The fourth-order valence-corrected chi connectivity index (χ4v) is 1.29. The van der Waals surface area contributed by atoms with Crippen LogP contribution in [-0.4, -0.2) is 37.4 Å². The fourth-order valence-electron chi connectivity index (χ4n) is 1.29. The highest BCUT2D eigenvalue weighted by molar-refractivity contribution is 5.87. The fraction of sp³-hybridized carbons (Fsp3) is 0.818. The summed E-state index contributed by atoms with van der Waals surface area (Å²) in [7, 11) is 3.34. The summed E-state index contributed by atoms with van der Waals surface area (Å²) in [6, 6.07) is 0. The van der Waals surface area contributed by atoms with E-state index in [4.69, 9.17) is 0 Å². The molecule has 4 nitrogen and oxygen atoms in total. The van der Waals surface area contributed by atoms with E-state index in [0.29, 0.717) is 0 Å². The van der Waals surface area contributed by atoms with E-state index in [0.717, 1.165) is 12.8 Å². The van der Waals surface area contributed by atoms with Crippen molar-refractivity contribution in [2.75, 3.05) is 20.6 Å². The summed E-state index contributed by atoms with van der Waals surface area (Å²) in [5, 5.41) is 2.66. The molecule has 4 heteroatoms. The van der Waals surface area contributed by atoms with E-state index in [1.807, 2.05) is 20.8 Å².